The summed E-state index contributed by atoms with van der Waals surface area (Å²) < 4.78 is 2.06. The molecule has 0 fully saturated rings. The van der Waals surface area contributed by atoms with Gasteiger partial charge < -0.3 is 4.98 Å². The van der Waals surface area contributed by atoms with Gasteiger partial charge in [0.25, 0.3) is 0 Å². The molecule has 7 aromatic rings. The number of aromatic nitrogens is 3. The van der Waals surface area contributed by atoms with Crippen LogP contribution in [0.3, 0.4) is 0 Å². The maximum absolute atomic E-state index is 5.17. The third-order valence-corrected chi connectivity index (χ3v) is 8.76. The molecule has 2 aromatic heterocycles. The van der Waals surface area contributed by atoms with E-state index >= 15 is 0 Å². The molecule has 0 amide bonds. The lowest BCUT2D eigenvalue weighted by atomic mass is 9.82. The van der Waals surface area contributed by atoms with E-state index in [0.29, 0.717) is 0 Å². The van der Waals surface area contributed by atoms with Crippen molar-refractivity contribution in [2.24, 2.45) is 0 Å². The van der Waals surface area contributed by atoms with Gasteiger partial charge in [0.05, 0.1) is 16.9 Å². The second-order valence-corrected chi connectivity index (χ2v) is 14.0. The predicted octanol–water partition coefficient (Wildman–Crippen LogP) is 10.9. The van der Waals surface area contributed by atoms with Gasteiger partial charge in [0.2, 0.25) is 0 Å². The summed E-state index contributed by atoms with van der Waals surface area (Å²) in [5, 5.41) is 11.4. The molecule has 3 heteroatoms. The van der Waals surface area contributed by atoms with Gasteiger partial charge in [0.1, 0.15) is 5.69 Å². The van der Waals surface area contributed by atoms with E-state index in [-0.39, 0.29) is 10.8 Å². The largest absolute Gasteiger partial charge is 0.353 e. The Bertz CT molecular complexity index is 2070. The smallest absolute Gasteiger partial charge is 0.117 e. The molecule has 0 unspecified atom stereocenters. The number of aryl methyl sites for hydroxylation is 1. The minimum atomic E-state index is 0.0519. The van der Waals surface area contributed by atoms with Crippen molar-refractivity contribution in [3.8, 4) is 28.3 Å². The molecule has 0 saturated carbocycles. The molecule has 7 rings (SSSR count). The highest BCUT2D eigenvalue weighted by Crippen LogP contribution is 2.41. The number of aromatic amines is 1. The first-order valence-electron chi connectivity index (χ1n) is 15.2. The van der Waals surface area contributed by atoms with Crippen LogP contribution in [0.5, 0.6) is 0 Å². The molecular formula is C40H39N3. The summed E-state index contributed by atoms with van der Waals surface area (Å²) in [6, 6.07) is 37.8. The number of H-pyrrole nitrogens is 1. The Balaban J connectivity index is 1.48. The van der Waals surface area contributed by atoms with E-state index < -0.39 is 0 Å². The first-order chi connectivity index (χ1) is 20.5. The standard InChI is InChI=1S/C40H39N3/c1-25-12-18-30(19-13-25)43-36-11-9-8-10-31(36)38(42-43)35-21-20-34(41-35)37-32-23-28(39(2,3)4)16-14-26(32)22-27-15-17-29(24-33(27)37)40(5,6)7/h8-24,41H,1-7H3. The quantitative estimate of drug-likeness (QED) is 0.214. The van der Waals surface area contributed by atoms with Gasteiger partial charge in [-0.15, -0.1) is 0 Å². The van der Waals surface area contributed by atoms with Crippen LogP contribution < -0.4 is 0 Å². The van der Waals surface area contributed by atoms with Gasteiger partial charge in [-0.25, -0.2) is 4.68 Å². The second kappa shape index (κ2) is 9.70. The number of hydrogen-bond donors (Lipinski definition) is 1. The van der Waals surface area contributed by atoms with Gasteiger partial charge in [-0.3, -0.25) is 0 Å². The zero-order valence-electron chi connectivity index (χ0n) is 26.2. The SMILES string of the molecule is Cc1ccc(-n2nc(-c3ccc(-c4c5cc(C(C)(C)C)ccc5cc5ccc(C(C)(C)C)cc45)[nH]3)c3ccccc32)cc1. The average molecular weight is 562 g/mol. The van der Waals surface area contributed by atoms with Crippen LogP contribution in [0.25, 0.3) is 60.8 Å². The molecule has 0 aliphatic carbocycles. The number of fused-ring (bicyclic) bond motifs is 3. The van der Waals surface area contributed by atoms with Crippen LogP contribution in [-0.4, -0.2) is 14.8 Å². The molecule has 5 aromatic carbocycles. The number of benzene rings is 5. The minimum absolute atomic E-state index is 0.0519. The summed E-state index contributed by atoms with van der Waals surface area (Å²) >= 11 is 0. The Morgan fingerprint density at radius 3 is 1.77 bits per heavy atom. The molecule has 0 aliphatic rings. The normalized spacial score (nSPS) is 12.5. The van der Waals surface area contributed by atoms with Crippen molar-refractivity contribution in [1.29, 1.82) is 0 Å². The summed E-state index contributed by atoms with van der Waals surface area (Å²) in [5.41, 5.74) is 10.5. The van der Waals surface area contributed by atoms with E-state index in [4.69, 9.17) is 5.10 Å². The van der Waals surface area contributed by atoms with E-state index in [9.17, 15) is 0 Å². The first-order valence-corrected chi connectivity index (χ1v) is 15.2. The summed E-state index contributed by atoms with van der Waals surface area (Å²) in [6.45, 7) is 15.8. The van der Waals surface area contributed by atoms with Gasteiger partial charge in [-0.1, -0.05) is 102 Å². The summed E-state index contributed by atoms with van der Waals surface area (Å²) in [6.07, 6.45) is 0. The Morgan fingerprint density at radius 1 is 0.581 bits per heavy atom. The minimum Gasteiger partial charge on any atom is -0.353 e. The molecule has 0 atom stereocenters. The molecule has 0 spiro atoms. The van der Waals surface area contributed by atoms with Crippen LogP contribution in [-0.2, 0) is 10.8 Å². The molecule has 214 valence electrons. The zero-order chi connectivity index (χ0) is 30.1. The topological polar surface area (TPSA) is 33.6 Å². The fraction of sp³-hybridized carbons (Fsp3) is 0.225. The average Bonchev–Trinajstić information content (AvgIpc) is 3.60. The lowest BCUT2D eigenvalue weighted by molar-refractivity contribution is 0.591. The Hall–Kier alpha value is -4.63. The van der Waals surface area contributed by atoms with Crippen LogP contribution in [0.1, 0.15) is 58.2 Å². The Kier molecular flexibility index (Phi) is 6.14. The molecular weight excluding hydrogens is 522 g/mol. The van der Waals surface area contributed by atoms with Crippen LogP contribution in [0.15, 0.2) is 103 Å². The van der Waals surface area contributed by atoms with Gasteiger partial charge in [-0.05, 0) is 99.0 Å². The lowest BCUT2D eigenvalue weighted by Gasteiger charge is -2.22. The number of para-hydroxylation sites is 1. The maximum atomic E-state index is 5.17. The zero-order valence-corrected chi connectivity index (χ0v) is 26.2. The number of nitrogens with zero attached hydrogens (tertiary/aromatic N) is 2. The summed E-state index contributed by atoms with van der Waals surface area (Å²) in [5.74, 6) is 0. The third kappa shape index (κ3) is 4.73. The van der Waals surface area contributed by atoms with E-state index in [2.05, 4.69) is 161 Å². The van der Waals surface area contributed by atoms with Crippen molar-refractivity contribution in [1.82, 2.24) is 14.8 Å². The van der Waals surface area contributed by atoms with Gasteiger partial charge in [0, 0.05) is 16.6 Å². The molecule has 0 bridgehead atoms. The molecule has 0 radical (unpaired) electrons. The lowest BCUT2D eigenvalue weighted by Crippen LogP contribution is -2.11. The van der Waals surface area contributed by atoms with E-state index in [1.165, 1.54) is 43.8 Å². The maximum Gasteiger partial charge on any atom is 0.117 e. The monoisotopic (exact) mass is 561 g/mol. The molecule has 1 N–H and O–H groups in total. The second-order valence-electron chi connectivity index (χ2n) is 14.0. The van der Waals surface area contributed by atoms with Crippen LogP contribution in [0, 0.1) is 6.92 Å². The molecule has 2 heterocycles. The highest BCUT2D eigenvalue weighted by atomic mass is 15.3. The molecule has 43 heavy (non-hydrogen) atoms. The number of rotatable bonds is 3. The van der Waals surface area contributed by atoms with Crippen molar-refractivity contribution in [2.45, 2.75) is 59.3 Å². The van der Waals surface area contributed by atoms with Crippen molar-refractivity contribution < 1.29 is 0 Å². The van der Waals surface area contributed by atoms with Crippen molar-refractivity contribution >= 4 is 32.4 Å². The van der Waals surface area contributed by atoms with Gasteiger partial charge in [-0.2, -0.15) is 5.10 Å². The van der Waals surface area contributed by atoms with Crippen LogP contribution in [0.4, 0.5) is 0 Å². The fourth-order valence-corrected chi connectivity index (χ4v) is 6.16. The van der Waals surface area contributed by atoms with E-state index in [0.717, 1.165) is 33.7 Å². The highest BCUT2D eigenvalue weighted by Gasteiger charge is 2.21. The van der Waals surface area contributed by atoms with Gasteiger partial charge >= 0.3 is 0 Å². The molecule has 0 saturated heterocycles. The summed E-state index contributed by atoms with van der Waals surface area (Å²) in [7, 11) is 0. The predicted molar refractivity (Wildman–Crippen MR) is 183 cm³/mol. The van der Waals surface area contributed by atoms with Crippen molar-refractivity contribution in [3.05, 3.63) is 120 Å². The first kappa shape index (κ1) is 27.2. The molecule has 3 nitrogen and oxygen atoms in total. The molecule has 0 aliphatic heterocycles. The number of hydrogen-bond acceptors (Lipinski definition) is 1. The fourth-order valence-electron chi connectivity index (χ4n) is 6.16. The van der Waals surface area contributed by atoms with Crippen LogP contribution >= 0.6 is 0 Å². The highest BCUT2D eigenvalue weighted by molar-refractivity contribution is 6.13. The number of nitrogens with one attached hydrogen (secondary N) is 1. The summed E-state index contributed by atoms with van der Waals surface area (Å²) in [4.78, 5) is 3.84. The van der Waals surface area contributed by atoms with E-state index in [1.807, 2.05) is 0 Å². The van der Waals surface area contributed by atoms with Gasteiger partial charge in [0.15, 0.2) is 0 Å². The Labute approximate surface area is 254 Å². The van der Waals surface area contributed by atoms with Crippen molar-refractivity contribution in [3.63, 3.8) is 0 Å². The third-order valence-electron chi connectivity index (χ3n) is 8.76. The van der Waals surface area contributed by atoms with Crippen LogP contribution in [0.2, 0.25) is 0 Å². The Morgan fingerprint density at radius 2 is 1.16 bits per heavy atom. The van der Waals surface area contributed by atoms with Crippen molar-refractivity contribution in [2.75, 3.05) is 0 Å². The van der Waals surface area contributed by atoms with E-state index in [1.54, 1.807) is 0 Å².